The fraction of sp³-hybridized carbons (Fsp3) is 0.118. The summed E-state index contributed by atoms with van der Waals surface area (Å²) in [6.07, 6.45) is 1.37. The van der Waals surface area contributed by atoms with Crippen LogP contribution in [-0.2, 0) is 10.0 Å². The van der Waals surface area contributed by atoms with Crippen LogP contribution in [0, 0.1) is 6.92 Å². The number of rotatable bonds is 5. The second-order valence-electron chi connectivity index (χ2n) is 5.00. The Labute approximate surface area is 149 Å². The van der Waals surface area contributed by atoms with E-state index >= 15 is 0 Å². The van der Waals surface area contributed by atoms with Gasteiger partial charge in [0.2, 0.25) is 0 Å². The van der Waals surface area contributed by atoms with Gasteiger partial charge in [-0.15, -0.1) is 0 Å². The molecule has 0 saturated carbocycles. The van der Waals surface area contributed by atoms with Crippen LogP contribution in [0.25, 0.3) is 6.08 Å². The van der Waals surface area contributed by atoms with Crippen LogP contribution in [0.2, 0.25) is 0 Å². The summed E-state index contributed by atoms with van der Waals surface area (Å²) in [5.41, 5.74) is 1.79. The van der Waals surface area contributed by atoms with Gasteiger partial charge in [-0.1, -0.05) is 24.3 Å². The molecule has 2 aromatic rings. The number of carbonyl (C=O) groups excluding carboxylic acids is 1. The maximum absolute atomic E-state index is 12.1. The number of benzene rings is 2. The summed E-state index contributed by atoms with van der Waals surface area (Å²) in [5, 5.41) is 0.935. The minimum atomic E-state index is -3.94. The third-order valence-electron chi connectivity index (χ3n) is 3.17. The number of hydrogen-bond acceptors (Lipinski definition) is 4. The molecule has 0 aromatic heterocycles. The molecule has 24 heavy (non-hydrogen) atoms. The molecule has 0 atom stereocenters. The van der Waals surface area contributed by atoms with Crippen molar-refractivity contribution in [1.29, 1.82) is 0 Å². The second-order valence-corrected chi connectivity index (χ2v) is 7.42. The molecular weight excluding hydrogens is 394 g/mol. The van der Waals surface area contributed by atoms with E-state index in [1.807, 2.05) is 11.6 Å². The maximum atomic E-state index is 12.1. The van der Waals surface area contributed by atoms with E-state index in [2.05, 4.69) is 15.9 Å². The van der Waals surface area contributed by atoms with Crippen LogP contribution in [0.3, 0.4) is 0 Å². The lowest BCUT2D eigenvalue weighted by Crippen LogP contribution is -2.29. The zero-order valence-electron chi connectivity index (χ0n) is 13.1. The minimum Gasteiger partial charge on any atom is -0.496 e. The molecule has 126 valence electrons. The van der Waals surface area contributed by atoms with Crippen molar-refractivity contribution in [3.8, 4) is 5.75 Å². The lowest BCUT2D eigenvalue weighted by Gasteiger charge is -2.07. The summed E-state index contributed by atoms with van der Waals surface area (Å²) in [5.74, 6) is -0.164. The van der Waals surface area contributed by atoms with Crippen molar-refractivity contribution in [2.75, 3.05) is 7.11 Å². The summed E-state index contributed by atoms with van der Waals surface area (Å²) in [6.45, 7) is 1.87. The molecule has 1 amide bonds. The van der Waals surface area contributed by atoms with Crippen LogP contribution in [0.4, 0.5) is 0 Å². The highest BCUT2D eigenvalue weighted by molar-refractivity contribution is 9.10. The third kappa shape index (κ3) is 4.69. The van der Waals surface area contributed by atoms with E-state index in [0.29, 0.717) is 15.8 Å². The Kier molecular flexibility index (Phi) is 5.80. The first-order valence-electron chi connectivity index (χ1n) is 6.97. The SMILES string of the molecule is COc1ccccc1/C=C/S(=O)(=O)NC(=O)c1ccc(C)cc1Br. The quantitative estimate of drug-likeness (QED) is 0.819. The van der Waals surface area contributed by atoms with Crippen molar-refractivity contribution in [1.82, 2.24) is 4.72 Å². The van der Waals surface area contributed by atoms with Gasteiger partial charge in [0.1, 0.15) is 5.75 Å². The lowest BCUT2D eigenvalue weighted by molar-refractivity contribution is 0.0981. The van der Waals surface area contributed by atoms with E-state index in [1.54, 1.807) is 42.5 Å². The number of hydrogen-bond donors (Lipinski definition) is 1. The molecule has 0 unspecified atom stereocenters. The van der Waals surface area contributed by atoms with E-state index in [9.17, 15) is 13.2 Å². The summed E-state index contributed by atoms with van der Waals surface area (Å²) < 4.78 is 31.9. The van der Waals surface area contributed by atoms with Crippen molar-refractivity contribution in [2.24, 2.45) is 0 Å². The highest BCUT2D eigenvalue weighted by atomic mass is 79.9. The van der Waals surface area contributed by atoms with Gasteiger partial charge in [0, 0.05) is 10.0 Å². The smallest absolute Gasteiger partial charge is 0.266 e. The maximum Gasteiger partial charge on any atom is 0.266 e. The van der Waals surface area contributed by atoms with Crippen molar-refractivity contribution in [3.63, 3.8) is 0 Å². The first-order chi connectivity index (χ1) is 11.3. The predicted octanol–water partition coefficient (Wildman–Crippen LogP) is 3.50. The van der Waals surface area contributed by atoms with E-state index in [1.165, 1.54) is 13.2 Å². The van der Waals surface area contributed by atoms with Gasteiger partial charge in [-0.3, -0.25) is 4.79 Å². The van der Waals surface area contributed by atoms with Crippen LogP contribution in [0.15, 0.2) is 52.3 Å². The number of aryl methyl sites for hydroxylation is 1. The van der Waals surface area contributed by atoms with Gasteiger partial charge >= 0.3 is 0 Å². The number of halogens is 1. The molecule has 0 aliphatic heterocycles. The molecule has 1 N–H and O–H groups in total. The van der Waals surface area contributed by atoms with Gasteiger partial charge in [0.05, 0.1) is 18.1 Å². The van der Waals surface area contributed by atoms with E-state index in [-0.39, 0.29) is 5.56 Å². The van der Waals surface area contributed by atoms with Crippen molar-refractivity contribution in [2.45, 2.75) is 6.92 Å². The lowest BCUT2D eigenvalue weighted by atomic mass is 10.1. The normalized spacial score (nSPS) is 11.5. The number of para-hydroxylation sites is 1. The Bertz CT molecular complexity index is 891. The van der Waals surface area contributed by atoms with Gasteiger partial charge in [-0.05, 0) is 52.7 Å². The molecule has 0 radical (unpaired) electrons. The van der Waals surface area contributed by atoms with Crippen LogP contribution < -0.4 is 9.46 Å². The Morgan fingerprint density at radius 1 is 1.21 bits per heavy atom. The topological polar surface area (TPSA) is 72.5 Å². The van der Waals surface area contributed by atoms with Crippen LogP contribution >= 0.6 is 15.9 Å². The molecule has 0 spiro atoms. The molecule has 7 heteroatoms. The fourth-order valence-electron chi connectivity index (χ4n) is 1.99. The number of carbonyl (C=O) groups is 1. The van der Waals surface area contributed by atoms with Crippen molar-refractivity contribution in [3.05, 3.63) is 69.0 Å². The van der Waals surface area contributed by atoms with E-state index < -0.39 is 15.9 Å². The van der Waals surface area contributed by atoms with Gasteiger partial charge < -0.3 is 4.74 Å². The highest BCUT2D eigenvalue weighted by Gasteiger charge is 2.16. The molecule has 0 fully saturated rings. The van der Waals surface area contributed by atoms with E-state index in [4.69, 9.17) is 4.74 Å². The number of methoxy groups -OCH3 is 1. The Morgan fingerprint density at radius 2 is 1.92 bits per heavy atom. The molecule has 2 aromatic carbocycles. The van der Waals surface area contributed by atoms with Crippen molar-refractivity contribution >= 4 is 37.9 Å². The first-order valence-corrected chi connectivity index (χ1v) is 9.31. The summed E-state index contributed by atoms with van der Waals surface area (Å²) in [6, 6.07) is 12.0. The average molecular weight is 410 g/mol. The molecule has 5 nitrogen and oxygen atoms in total. The zero-order chi connectivity index (χ0) is 17.7. The molecule has 2 rings (SSSR count). The predicted molar refractivity (Wildman–Crippen MR) is 97.3 cm³/mol. The van der Waals surface area contributed by atoms with Gasteiger partial charge in [0.15, 0.2) is 0 Å². The van der Waals surface area contributed by atoms with Crippen LogP contribution in [0.1, 0.15) is 21.5 Å². The minimum absolute atomic E-state index is 0.245. The van der Waals surface area contributed by atoms with Crippen molar-refractivity contribution < 1.29 is 17.9 Å². The van der Waals surface area contributed by atoms with Gasteiger partial charge in [-0.25, -0.2) is 13.1 Å². The largest absolute Gasteiger partial charge is 0.496 e. The fourth-order valence-corrected chi connectivity index (χ4v) is 3.42. The monoisotopic (exact) mass is 409 g/mol. The average Bonchev–Trinajstić information content (AvgIpc) is 2.52. The summed E-state index contributed by atoms with van der Waals surface area (Å²) in [7, 11) is -2.44. The second kappa shape index (κ2) is 7.63. The number of amides is 1. The Balaban J connectivity index is 2.19. The van der Waals surface area contributed by atoms with Crippen LogP contribution in [0.5, 0.6) is 5.75 Å². The zero-order valence-corrected chi connectivity index (χ0v) is 15.5. The number of ether oxygens (including phenoxy) is 1. The molecule has 0 aliphatic rings. The Hall–Kier alpha value is -2.12. The molecule has 0 bridgehead atoms. The number of sulfonamides is 1. The first kappa shape index (κ1) is 18.2. The van der Waals surface area contributed by atoms with Gasteiger partial charge in [0.25, 0.3) is 15.9 Å². The third-order valence-corrected chi connectivity index (χ3v) is 4.79. The summed E-state index contributed by atoms with van der Waals surface area (Å²) in [4.78, 5) is 12.1. The molecule has 0 aliphatic carbocycles. The molecular formula is C17H16BrNO4S. The Morgan fingerprint density at radius 3 is 2.58 bits per heavy atom. The standard InChI is InChI=1S/C17H16BrNO4S/c1-12-7-8-14(15(18)11-12)17(20)19-24(21,22)10-9-13-5-3-4-6-16(13)23-2/h3-11H,1-2H3,(H,19,20)/b10-9+. The summed E-state index contributed by atoms with van der Waals surface area (Å²) >= 11 is 3.26. The number of nitrogens with one attached hydrogen (secondary N) is 1. The molecule has 0 saturated heterocycles. The van der Waals surface area contributed by atoms with Crippen LogP contribution in [-0.4, -0.2) is 21.4 Å². The molecule has 0 heterocycles. The van der Waals surface area contributed by atoms with Gasteiger partial charge in [-0.2, -0.15) is 0 Å². The van der Waals surface area contributed by atoms with E-state index in [0.717, 1.165) is 11.0 Å². The highest BCUT2D eigenvalue weighted by Crippen LogP contribution is 2.20.